The number of nitrogens with one attached hydrogen (secondary N) is 1. The van der Waals surface area contributed by atoms with Crippen molar-refractivity contribution in [1.29, 1.82) is 0 Å². The van der Waals surface area contributed by atoms with Crippen LogP contribution in [0.2, 0.25) is 0 Å². The highest BCUT2D eigenvalue weighted by atomic mass is 16.1. The van der Waals surface area contributed by atoms with Crippen LogP contribution in [0.15, 0.2) is 0 Å². The van der Waals surface area contributed by atoms with E-state index in [0.717, 1.165) is 25.9 Å². The predicted molar refractivity (Wildman–Crippen MR) is 44.0 cm³/mol. The van der Waals surface area contributed by atoms with E-state index in [4.69, 9.17) is 5.73 Å². The molecule has 0 aliphatic carbocycles. The van der Waals surface area contributed by atoms with Crippen LogP contribution in [0, 0.1) is 11.8 Å². The second-order valence-corrected chi connectivity index (χ2v) is 3.22. The minimum atomic E-state index is -0.145. The quantitative estimate of drug-likeness (QED) is 0.609. The molecule has 2 atom stereocenters. The summed E-state index contributed by atoms with van der Waals surface area (Å²) in [5.74, 6) is 0.418. The Morgan fingerprint density at radius 3 is 2.91 bits per heavy atom. The van der Waals surface area contributed by atoms with E-state index in [-0.39, 0.29) is 11.8 Å². The van der Waals surface area contributed by atoms with Gasteiger partial charge in [0, 0.05) is 6.54 Å². The van der Waals surface area contributed by atoms with Gasteiger partial charge in [-0.25, -0.2) is 0 Å². The van der Waals surface area contributed by atoms with Crippen molar-refractivity contribution in [3.63, 3.8) is 0 Å². The van der Waals surface area contributed by atoms with E-state index < -0.39 is 0 Å². The lowest BCUT2D eigenvalue weighted by molar-refractivity contribution is -0.122. The maximum absolute atomic E-state index is 10.9. The van der Waals surface area contributed by atoms with E-state index in [2.05, 4.69) is 12.2 Å². The summed E-state index contributed by atoms with van der Waals surface area (Å²) in [6.45, 7) is 3.87. The molecule has 1 aliphatic rings. The number of hydrogen-bond donors (Lipinski definition) is 2. The minimum absolute atomic E-state index is 0.0787. The molecule has 0 aromatic rings. The third-order valence-corrected chi connectivity index (χ3v) is 2.36. The number of rotatable bonds is 3. The van der Waals surface area contributed by atoms with Gasteiger partial charge in [0.05, 0.1) is 5.92 Å². The summed E-state index contributed by atoms with van der Waals surface area (Å²) >= 11 is 0. The Hall–Kier alpha value is -0.570. The van der Waals surface area contributed by atoms with Gasteiger partial charge in [0.25, 0.3) is 0 Å². The zero-order valence-corrected chi connectivity index (χ0v) is 6.97. The molecule has 0 aromatic carbocycles. The lowest BCUT2D eigenvalue weighted by Gasteiger charge is -2.13. The van der Waals surface area contributed by atoms with Gasteiger partial charge in [0.15, 0.2) is 0 Å². The van der Waals surface area contributed by atoms with Crippen molar-refractivity contribution in [2.75, 3.05) is 13.1 Å². The van der Waals surface area contributed by atoms with Gasteiger partial charge in [-0.3, -0.25) is 4.79 Å². The minimum Gasteiger partial charge on any atom is -0.369 e. The maximum atomic E-state index is 10.9. The third-order valence-electron chi connectivity index (χ3n) is 2.36. The molecule has 3 N–H and O–H groups in total. The predicted octanol–water partition coefficient (Wildman–Crippen LogP) is 0.107. The molecule has 3 heteroatoms. The topological polar surface area (TPSA) is 55.1 Å². The summed E-state index contributed by atoms with van der Waals surface area (Å²) in [6.07, 6.45) is 2.25. The van der Waals surface area contributed by atoms with Gasteiger partial charge in [0.2, 0.25) is 5.91 Å². The Balaban J connectivity index is 2.44. The molecular weight excluding hydrogens is 140 g/mol. The van der Waals surface area contributed by atoms with E-state index in [1.807, 2.05) is 0 Å². The normalized spacial score (nSPS) is 30.6. The second kappa shape index (κ2) is 3.72. The fourth-order valence-electron chi connectivity index (χ4n) is 1.74. The molecule has 1 rings (SSSR count). The first-order chi connectivity index (χ1) is 5.25. The number of amides is 1. The number of hydrogen-bond acceptors (Lipinski definition) is 2. The number of primary amides is 1. The second-order valence-electron chi connectivity index (χ2n) is 3.22. The van der Waals surface area contributed by atoms with Gasteiger partial charge in [-0.2, -0.15) is 0 Å². The summed E-state index contributed by atoms with van der Waals surface area (Å²) in [4.78, 5) is 10.9. The Kier molecular flexibility index (Phi) is 2.88. The van der Waals surface area contributed by atoms with Gasteiger partial charge in [-0.1, -0.05) is 13.3 Å². The Labute approximate surface area is 67.3 Å². The molecule has 1 aliphatic heterocycles. The molecule has 1 fully saturated rings. The van der Waals surface area contributed by atoms with E-state index in [1.165, 1.54) is 0 Å². The van der Waals surface area contributed by atoms with Crippen LogP contribution in [-0.2, 0) is 4.79 Å². The van der Waals surface area contributed by atoms with Crippen molar-refractivity contribution in [3.8, 4) is 0 Å². The van der Waals surface area contributed by atoms with Crippen molar-refractivity contribution in [1.82, 2.24) is 5.32 Å². The van der Waals surface area contributed by atoms with Gasteiger partial charge in [-0.15, -0.1) is 0 Å². The zero-order chi connectivity index (χ0) is 8.27. The number of carbonyl (C=O) groups is 1. The van der Waals surface area contributed by atoms with Crippen LogP contribution in [0.3, 0.4) is 0 Å². The lowest BCUT2D eigenvalue weighted by Crippen LogP contribution is -2.29. The van der Waals surface area contributed by atoms with E-state index in [0.29, 0.717) is 5.92 Å². The largest absolute Gasteiger partial charge is 0.369 e. The van der Waals surface area contributed by atoms with Crippen LogP contribution in [0.5, 0.6) is 0 Å². The highest BCUT2D eigenvalue weighted by Crippen LogP contribution is 2.20. The summed E-state index contributed by atoms with van der Waals surface area (Å²) in [7, 11) is 0. The summed E-state index contributed by atoms with van der Waals surface area (Å²) in [5, 5.41) is 3.19. The van der Waals surface area contributed by atoms with Crippen LogP contribution >= 0.6 is 0 Å². The molecule has 1 amide bonds. The molecule has 0 spiro atoms. The first-order valence-corrected chi connectivity index (χ1v) is 4.25. The molecule has 1 heterocycles. The molecule has 0 saturated carbocycles. The molecule has 0 aromatic heterocycles. The SMILES string of the molecule is CCC[C@H]1CNC[C@@H]1C(N)=O. The van der Waals surface area contributed by atoms with E-state index >= 15 is 0 Å². The van der Waals surface area contributed by atoms with Crippen molar-refractivity contribution in [3.05, 3.63) is 0 Å². The van der Waals surface area contributed by atoms with Crippen molar-refractivity contribution < 1.29 is 4.79 Å². The highest BCUT2D eigenvalue weighted by Gasteiger charge is 2.30. The smallest absolute Gasteiger partial charge is 0.222 e. The summed E-state index contributed by atoms with van der Waals surface area (Å²) in [5.41, 5.74) is 5.24. The molecule has 11 heavy (non-hydrogen) atoms. The van der Waals surface area contributed by atoms with Gasteiger partial charge < -0.3 is 11.1 Å². The van der Waals surface area contributed by atoms with Crippen LogP contribution < -0.4 is 11.1 Å². The third kappa shape index (κ3) is 1.93. The zero-order valence-electron chi connectivity index (χ0n) is 6.97. The molecule has 0 bridgehead atoms. The fraction of sp³-hybridized carbons (Fsp3) is 0.875. The van der Waals surface area contributed by atoms with Gasteiger partial charge in [-0.05, 0) is 18.9 Å². The highest BCUT2D eigenvalue weighted by molar-refractivity contribution is 5.77. The van der Waals surface area contributed by atoms with Crippen LogP contribution in [0.1, 0.15) is 19.8 Å². The first-order valence-electron chi connectivity index (χ1n) is 4.25. The Bertz CT molecular complexity index is 147. The standard InChI is InChI=1S/C8H16N2O/c1-2-3-6-4-10-5-7(6)8(9)11/h6-7,10H,2-5H2,1H3,(H2,9,11)/t6-,7-/m0/s1. The molecule has 3 nitrogen and oxygen atoms in total. The molecule has 0 unspecified atom stereocenters. The summed E-state index contributed by atoms with van der Waals surface area (Å²) in [6, 6.07) is 0. The molecular formula is C8H16N2O. The first kappa shape index (κ1) is 8.53. The van der Waals surface area contributed by atoms with Crippen LogP contribution in [0.25, 0.3) is 0 Å². The average Bonchev–Trinajstić information content (AvgIpc) is 2.36. The lowest BCUT2D eigenvalue weighted by atomic mass is 9.91. The molecule has 0 radical (unpaired) electrons. The van der Waals surface area contributed by atoms with Crippen molar-refractivity contribution in [2.45, 2.75) is 19.8 Å². The maximum Gasteiger partial charge on any atom is 0.222 e. The van der Waals surface area contributed by atoms with Crippen LogP contribution in [0.4, 0.5) is 0 Å². The number of carbonyl (C=O) groups excluding carboxylic acids is 1. The monoisotopic (exact) mass is 156 g/mol. The van der Waals surface area contributed by atoms with Crippen LogP contribution in [-0.4, -0.2) is 19.0 Å². The molecule has 1 saturated heterocycles. The van der Waals surface area contributed by atoms with Crippen molar-refractivity contribution >= 4 is 5.91 Å². The fourth-order valence-corrected chi connectivity index (χ4v) is 1.74. The number of nitrogens with two attached hydrogens (primary N) is 1. The Morgan fingerprint density at radius 1 is 1.64 bits per heavy atom. The van der Waals surface area contributed by atoms with Gasteiger partial charge >= 0.3 is 0 Å². The van der Waals surface area contributed by atoms with E-state index in [1.54, 1.807) is 0 Å². The molecule has 64 valence electrons. The average molecular weight is 156 g/mol. The van der Waals surface area contributed by atoms with E-state index in [9.17, 15) is 4.79 Å². The van der Waals surface area contributed by atoms with Gasteiger partial charge in [0.1, 0.15) is 0 Å². The summed E-state index contributed by atoms with van der Waals surface area (Å²) < 4.78 is 0. The van der Waals surface area contributed by atoms with Crippen molar-refractivity contribution in [2.24, 2.45) is 17.6 Å². The Morgan fingerprint density at radius 2 is 2.36 bits per heavy atom.